The lowest BCUT2D eigenvalue weighted by molar-refractivity contribution is 0.314. The summed E-state index contributed by atoms with van der Waals surface area (Å²) in [5.74, 6) is 2.16. The van der Waals surface area contributed by atoms with Crippen molar-refractivity contribution in [2.45, 2.75) is 6.42 Å². The molecule has 0 radical (unpaired) electrons. The van der Waals surface area contributed by atoms with E-state index in [4.69, 9.17) is 43.1 Å². The molecule has 0 aliphatic carbocycles. The minimum atomic E-state index is 0.307. The molecule has 0 heterocycles. The standard InChI is InChI=1S/C18H21Cl2N3O3/c1-24-16-7-5-13(11-17(16)25-2)23-18(21)22-8-3-9-26-15-6-4-12(19)10-14(15)20/h4-7,10-11H,3,8-9H2,1-2H3,(H3,21,22,23). The second-order valence-corrected chi connectivity index (χ2v) is 6.08. The van der Waals surface area contributed by atoms with Crippen LogP contribution in [0.1, 0.15) is 6.42 Å². The van der Waals surface area contributed by atoms with Crippen LogP contribution in [0.25, 0.3) is 0 Å². The summed E-state index contributed by atoms with van der Waals surface area (Å²) < 4.78 is 16.0. The van der Waals surface area contributed by atoms with Crippen molar-refractivity contribution in [2.24, 2.45) is 10.7 Å². The highest BCUT2D eigenvalue weighted by Gasteiger charge is 2.05. The van der Waals surface area contributed by atoms with Crippen LogP contribution in [-0.4, -0.2) is 33.3 Å². The number of hydrogen-bond donors (Lipinski definition) is 2. The van der Waals surface area contributed by atoms with Crippen molar-refractivity contribution in [3.63, 3.8) is 0 Å². The largest absolute Gasteiger partial charge is 0.493 e. The molecular weight excluding hydrogens is 377 g/mol. The molecule has 2 rings (SSSR count). The first-order valence-electron chi connectivity index (χ1n) is 7.90. The SMILES string of the molecule is COc1ccc(NC(N)=NCCCOc2ccc(Cl)cc2Cl)cc1OC. The van der Waals surface area contributed by atoms with E-state index in [1.165, 1.54) is 0 Å². The number of nitrogens with two attached hydrogens (primary N) is 1. The van der Waals surface area contributed by atoms with Gasteiger partial charge in [0.15, 0.2) is 17.5 Å². The fourth-order valence-corrected chi connectivity index (χ4v) is 2.60. The maximum atomic E-state index is 6.04. The van der Waals surface area contributed by atoms with Gasteiger partial charge in [0.25, 0.3) is 0 Å². The Morgan fingerprint density at radius 1 is 1.04 bits per heavy atom. The topological polar surface area (TPSA) is 78.1 Å². The second-order valence-electron chi connectivity index (χ2n) is 5.24. The summed E-state index contributed by atoms with van der Waals surface area (Å²) in [5, 5.41) is 4.06. The molecule has 2 aromatic rings. The van der Waals surface area contributed by atoms with Crippen LogP contribution < -0.4 is 25.3 Å². The van der Waals surface area contributed by atoms with Gasteiger partial charge >= 0.3 is 0 Å². The number of methoxy groups -OCH3 is 2. The summed E-state index contributed by atoms with van der Waals surface area (Å²) in [5.41, 5.74) is 6.65. The van der Waals surface area contributed by atoms with E-state index in [1.807, 2.05) is 6.07 Å². The molecular formula is C18H21Cl2N3O3. The molecule has 0 amide bonds. The van der Waals surface area contributed by atoms with Gasteiger partial charge in [0.1, 0.15) is 5.75 Å². The summed E-state index contributed by atoms with van der Waals surface area (Å²) in [6, 6.07) is 10.5. The van der Waals surface area contributed by atoms with Crippen LogP contribution in [0.3, 0.4) is 0 Å². The summed E-state index contributed by atoms with van der Waals surface area (Å²) in [6.07, 6.45) is 0.688. The van der Waals surface area contributed by atoms with E-state index in [-0.39, 0.29) is 0 Å². The third kappa shape index (κ3) is 5.89. The molecule has 0 spiro atoms. The van der Waals surface area contributed by atoms with Gasteiger partial charge in [-0.2, -0.15) is 0 Å². The first-order chi connectivity index (χ1) is 12.5. The number of benzene rings is 2. The molecule has 6 nitrogen and oxygen atoms in total. The molecule has 0 atom stereocenters. The normalized spacial score (nSPS) is 11.2. The zero-order valence-electron chi connectivity index (χ0n) is 14.6. The molecule has 140 valence electrons. The van der Waals surface area contributed by atoms with E-state index in [0.29, 0.717) is 52.8 Å². The summed E-state index contributed by atoms with van der Waals surface area (Å²) in [4.78, 5) is 4.26. The number of guanidine groups is 1. The molecule has 0 saturated heterocycles. The predicted molar refractivity (Wildman–Crippen MR) is 106 cm³/mol. The van der Waals surface area contributed by atoms with Crippen LogP contribution in [-0.2, 0) is 0 Å². The molecule has 0 aromatic heterocycles. The minimum absolute atomic E-state index is 0.307. The Kier molecular flexibility index (Phi) is 7.69. The quantitative estimate of drug-likeness (QED) is 0.396. The average molecular weight is 398 g/mol. The number of anilines is 1. The fraction of sp³-hybridized carbons (Fsp3) is 0.278. The van der Waals surface area contributed by atoms with Gasteiger partial charge in [-0.1, -0.05) is 23.2 Å². The van der Waals surface area contributed by atoms with Crippen LogP contribution in [0.4, 0.5) is 5.69 Å². The summed E-state index contributed by atoms with van der Waals surface area (Å²) in [7, 11) is 3.16. The van der Waals surface area contributed by atoms with Crippen molar-refractivity contribution < 1.29 is 14.2 Å². The van der Waals surface area contributed by atoms with Crippen LogP contribution in [0.5, 0.6) is 17.2 Å². The molecule has 0 unspecified atom stereocenters. The maximum Gasteiger partial charge on any atom is 0.193 e. The molecule has 0 fully saturated rings. The number of aliphatic imine (C=N–C) groups is 1. The number of rotatable bonds is 8. The number of nitrogens with zero attached hydrogens (tertiary/aromatic N) is 1. The monoisotopic (exact) mass is 397 g/mol. The van der Waals surface area contributed by atoms with Crippen molar-refractivity contribution in [1.29, 1.82) is 0 Å². The molecule has 0 aliphatic heterocycles. The molecule has 0 aliphatic rings. The summed E-state index contributed by atoms with van der Waals surface area (Å²) in [6.45, 7) is 0.978. The van der Waals surface area contributed by atoms with Crippen molar-refractivity contribution in [1.82, 2.24) is 0 Å². The van der Waals surface area contributed by atoms with Gasteiger partial charge in [-0.05, 0) is 30.3 Å². The predicted octanol–water partition coefficient (Wildman–Crippen LogP) is 4.21. The highest BCUT2D eigenvalue weighted by molar-refractivity contribution is 6.35. The molecule has 26 heavy (non-hydrogen) atoms. The van der Waals surface area contributed by atoms with E-state index >= 15 is 0 Å². The Morgan fingerprint density at radius 3 is 2.46 bits per heavy atom. The van der Waals surface area contributed by atoms with Crippen molar-refractivity contribution in [3.05, 3.63) is 46.4 Å². The molecule has 3 N–H and O–H groups in total. The number of ether oxygens (including phenoxy) is 3. The maximum absolute atomic E-state index is 6.04. The lowest BCUT2D eigenvalue weighted by Gasteiger charge is -2.11. The fourth-order valence-electron chi connectivity index (χ4n) is 2.14. The van der Waals surface area contributed by atoms with E-state index in [9.17, 15) is 0 Å². The van der Waals surface area contributed by atoms with E-state index in [2.05, 4.69) is 10.3 Å². The smallest absolute Gasteiger partial charge is 0.193 e. The van der Waals surface area contributed by atoms with E-state index in [0.717, 1.165) is 5.69 Å². The third-order valence-electron chi connectivity index (χ3n) is 3.39. The number of nitrogens with one attached hydrogen (secondary N) is 1. The number of hydrogen-bond acceptors (Lipinski definition) is 4. The second kappa shape index (κ2) is 9.99. The molecule has 2 aromatic carbocycles. The first kappa shape index (κ1) is 20.0. The summed E-state index contributed by atoms with van der Waals surface area (Å²) >= 11 is 11.9. The average Bonchev–Trinajstić information content (AvgIpc) is 2.62. The van der Waals surface area contributed by atoms with Crippen LogP contribution in [0.15, 0.2) is 41.4 Å². The zero-order valence-corrected chi connectivity index (χ0v) is 16.1. The minimum Gasteiger partial charge on any atom is -0.493 e. The Bertz CT molecular complexity index is 769. The lowest BCUT2D eigenvalue weighted by atomic mass is 10.3. The van der Waals surface area contributed by atoms with E-state index < -0.39 is 0 Å². The van der Waals surface area contributed by atoms with Gasteiger partial charge in [-0.15, -0.1) is 0 Å². The first-order valence-corrected chi connectivity index (χ1v) is 8.66. The van der Waals surface area contributed by atoms with Crippen LogP contribution >= 0.6 is 23.2 Å². The zero-order chi connectivity index (χ0) is 18.9. The Morgan fingerprint density at radius 2 is 1.77 bits per heavy atom. The van der Waals surface area contributed by atoms with Gasteiger partial charge in [-0.25, -0.2) is 0 Å². The van der Waals surface area contributed by atoms with Crippen molar-refractivity contribution in [2.75, 3.05) is 32.7 Å². The third-order valence-corrected chi connectivity index (χ3v) is 3.92. The molecule has 0 saturated carbocycles. The Balaban J connectivity index is 1.79. The van der Waals surface area contributed by atoms with Gasteiger partial charge < -0.3 is 25.3 Å². The van der Waals surface area contributed by atoms with Gasteiger partial charge in [0, 0.05) is 29.7 Å². The van der Waals surface area contributed by atoms with Gasteiger partial charge in [0.05, 0.1) is 25.8 Å². The Hall–Kier alpha value is -2.31. The highest BCUT2D eigenvalue weighted by atomic mass is 35.5. The number of halogens is 2. The van der Waals surface area contributed by atoms with Crippen molar-refractivity contribution >= 4 is 34.8 Å². The van der Waals surface area contributed by atoms with E-state index in [1.54, 1.807) is 44.6 Å². The molecule has 0 bridgehead atoms. The van der Waals surface area contributed by atoms with Crippen LogP contribution in [0.2, 0.25) is 10.0 Å². The molecule has 8 heteroatoms. The van der Waals surface area contributed by atoms with Crippen molar-refractivity contribution in [3.8, 4) is 17.2 Å². The van der Waals surface area contributed by atoms with Gasteiger partial charge in [0.2, 0.25) is 0 Å². The highest BCUT2D eigenvalue weighted by Crippen LogP contribution is 2.29. The Labute approximate surface area is 162 Å². The van der Waals surface area contributed by atoms with Gasteiger partial charge in [-0.3, -0.25) is 4.99 Å². The van der Waals surface area contributed by atoms with Crippen LogP contribution in [0, 0.1) is 0 Å². The lowest BCUT2D eigenvalue weighted by Crippen LogP contribution is -2.23.